The van der Waals surface area contributed by atoms with Crippen LogP contribution in [0.4, 0.5) is 33.2 Å². The van der Waals surface area contributed by atoms with Gasteiger partial charge in [0.05, 0.1) is 23.5 Å². The zero-order chi connectivity index (χ0) is 31.9. The molecule has 0 aliphatic rings. The number of rotatable bonds is 17. The van der Waals surface area contributed by atoms with Crippen LogP contribution in [0.2, 0.25) is 0 Å². The lowest BCUT2D eigenvalue weighted by Crippen LogP contribution is -2.25. The average molecular weight is 632 g/mol. The van der Waals surface area contributed by atoms with Gasteiger partial charge in [-0.05, 0) is 54.8 Å². The van der Waals surface area contributed by atoms with Gasteiger partial charge in [0, 0.05) is 38.2 Å². The summed E-state index contributed by atoms with van der Waals surface area (Å²) in [6.07, 6.45) is 7.06. The van der Waals surface area contributed by atoms with E-state index in [-0.39, 0.29) is 17.4 Å². The number of amides is 2. The molecule has 4 rings (SSSR count). The number of carbonyl (C=O) groups is 2. The van der Waals surface area contributed by atoms with Gasteiger partial charge in [-0.25, -0.2) is 14.9 Å². The summed E-state index contributed by atoms with van der Waals surface area (Å²) < 4.78 is 16.9. The van der Waals surface area contributed by atoms with Gasteiger partial charge >= 0.3 is 0 Å². The zero-order valence-corrected chi connectivity index (χ0v) is 26.2. The Bertz CT molecular complexity index is 1540. The first kappa shape index (κ1) is 33.2. The van der Waals surface area contributed by atoms with E-state index in [1.807, 2.05) is 72.2 Å². The van der Waals surface area contributed by atoms with Gasteiger partial charge in [-0.3, -0.25) is 14.4 Å². The molecule has 0 aliphatic heterocycles. The Hall–Kier alpha value is -4.68. The predicted octanol–water partition coefficient (Wildman–Crippen LogP) is 6.75. The van der Waals surface area contributed by atoms with Crippen molar-refractivity contribution < 1.29 is 18.8 Å². The minimum absolute atomic E-state index is 0.0430. The lowest BCUT2D eigenvalue weighted by molar-refractivity contribution is -0.134. The summed E-state index contributed by atoms with van der Waals surface area (Å²) in [5.74, 6) is -0.442. The Morgan fingerprint density at radius 3 is 2.51 bits per heavy atom. The largest absolute Gasteiger partial charge is 0.352 e. The molecule has 4 aromatic rings. The molecule has 0 aliphatic carbocycles. The first-order valence-electron chi connectivity index (χ1n) is 14.7. The Kier molecular flexibility index (Phi) is 13.0. The maximum Gasteiger partial charge on any atom is 0.254 e. The second-order valence-electron chi connectivity index (χ2n) is 10.1. The Balaban J connectivity index is 1.16. The highest BCUT2D eigenvalue weighted by Gasteiger charge is 2.13. The molecule has 0 bridgehead atoms. The third-order valence-corrected chi connectivity index (χ3v) is 7.53. The van der Waals surface area contributed by atoms with Crippen LogP contribution in [-0.2, 0) is 16.2 Å². The molecule has 0 atom stereocenters. The molecule has 10 nitrogen and oxygen atoms in total. The number of carbonyl (C=O) groups excluding carboxylic acids is 2. The van der Waals surface area contributed by atoms with Crippen LogP contribution in [0.3, 0.4) is 0 Å². The third kappa shape index (κ3) is 10.8. The van der Waals surface area contributed by atoms with Gasteiger partial charge in [-0.2, -0.15) is 4.98 Å². The fraction of sp³-hybridized carbons (Fsp3) is 0.273. The Morgan fingerprint density at radius 2 is 1.71 bits per heavy atom. The lowest BCUT2D eigenvalue weighted by atomic mass is 10.1. The number of unbranched alkanes of at least 4 members (excludes halogenated alkanes) is 3. The lowest BCUT2D eigenvalue weighted by Gasteiger charge is -2.20. The number of nitrogens with one attached hydrogen (secondary N) is 4. The van der Waals surface area contributed by atoms with Gasteiger partial charge in [0.25, 0.3) is 5.91 Å². The Labute approximate surface area is 267 Å². The van der Waals surface area contributed by atoms with E-state index in [0.717, 1.165) is 36.2 Å². The van der Waals surface area contributed by atoms with Gasteiger partial charge in [-0.1, -0.05) is 67.3 Å². The molecule has 1 aromatic heterocycles. The fourth-order valence-corrected chi connectivity index (χ4v) is 4.73. The van der Waals surface area contributed by atoms with Gasteiger partial charge < -0.3 is 20.3 Å². The van der Waals surface area contributed by atoms with Gasteiger partial charge in [0.2, 0.25) is 11.9 Å². The molecule has 0 saturated heterocycles. The van der Waals surface area contributed by atoms with E-state index >= 15 is 0 Å². The minimum atomic E-state index is -0.652. The summed E-state index contributed by atoms with van der Waals surface area (Å²) in [5, 5.41) is 9.07. The number of hydroxylamine groups is 1. The van der Waals surface area contributed by atoms with E-state index in [2.05, 4.69) is 31.4 Å². The van der Waals surface area contributed by atoms with Crippen molar-refractivity contribution in [2.75, 3.05) is 34.8 Å². The van der Waals surface area contributed by atoms with Gasteiger partial charge in [0.15, 0.2) is 0 Å². The highest BCUT2D eigenvalue weighted by molar-refractivity contribution is 7.99. The van der Waals surface area contributed by atoms with Crippen molar-refractivity contribution in [2.45, 2.75) is 38.7 Å². The fourth-order valence-electron chi connectivity index (χ4n) is 4.37. The SMILES string of the molecule is CSN(C)c1ccccc1Nc1ccnc(Nc2ccc(C(=O)NCCCCCCC(=O)NOCc3ccccc3)c(F)c2)n1. The standard InChI is InChI=1S/C33H38FN7O3S/c1-41(45-2)29-15-10-9-14-28(29)38-30-19-21-36-33(39-30)37-25-17-18-26(27(34)22-25)32(43)35-20-11-4-3-8-16-31(42)40-44-23-24-12-6-5-7-13-24/h5-7,9-10,12-15,17-19,21-22H,3-4,8,11,16,20,23H2,1-2H3,(H,35,43)(H,40,42)(H2,36,37,38,39). The van der Waals surface area contributed by atoms with Crippen LogP contribution in [0.5, 0.6) is 0 Å². The quantitative estimate of drug-likeness (QED) is 0.0570. The van der Waals surface area contributed by atoms with Crippen LogP contribution < -0.4 is 25.7 Å². The molecule has 45 heavy (non-hydrogen) atoms. The molecule has 0 fully saturated rings. The minimum Gasteiger partial charge on any atom is -0.352 e. The molecule has 12 heteroatoms. The van der Waals surface area contributed by atoms with Crippen molar-refractivity contribution >= 4 is 52.6 Å². The summed E-state index contributed by atoms with van der Waals surface area (Å²) in [6, 6.07) is 23.5. The van der Waals surface area contributed by atoms with E-state index in [1.165, 1.54) is 12.1 Å². The van der Waals surface area contributed by atoms with E-state index in [0.29, 0.717) is 37.5 Å². The number of anilines is 5. The summed E-state index contributed by atoms with van der Waals surface area (Å²) in [4.78, 5) is 38.4. The molecule has 0 radical (unpaired) electrons. The molecule has 236 valence electrons. The van der Waals surface area contributed by atoms with Crippen LogP contribution in [0, 0.1) is 5.82 Å². The second kappa shape index (κ2) is 17.6. The number of benzene rings is 3. The highest BCUT2D eigenvalue weighted by Crippen LogP contribution is 2.30. The predicted molar refractivity (Wildman–Crippen MR) is 178 cm³/mol. The molecule has 1 heterocycles. The summed E-state index contributed by atoms with van der Waals surface area (Å²) in [5.41, 5.74) is 5.69. The van der Waals surface area contributed by atoms with Crippen molar-refractivity contribution in [2.24, 2.45) is 0 Å². The molecule has 0 unspecified atom stereocenters. The third-order valence-electron chi connectivity index (χ3n) is 6.79. The first-order chi connectivity index (χ1) is 21.9. The molecule has 0 spiro atoms. The maximum absolute atomic E-state index is 14.9. The maximum atomic E-state index is 14.9. The van der Waals surface area contributed by atoms with Crippen LogP contribution in [0.1, 0.15) is 48.0 Å². The number of hydrogen-bond acceptors (Lipinski definition) is 9. The monoisotopic (exact) mass is 631 g/mol. The highest BCUT2D eigenvalue weighted by atomic mass is 32.2. The smallest absolute Gasteiger partial charge is 0.254 e. The first-order valence-corrected chi connectivity index (χ1v) is 15.9. The zero-order valence-electron chi connectivity index (χ0n) is 25.4. The number of aromatic nitrogens is 2. The normalized spacial score (nSPS) is 10.6. The summed E-state index contributed by atoms with van der Waals surface area (Å²) in [6.45, 7) is 0.729. The number of halogens is 1. The van der Waals surface area contributed by atoms with Crippen molar-refractivity contribution in [1.29, 1.82) is 0 Å². The van der Waals surface area contributed by atoms with Crippen LogP contribution >= 0.6 is 11.9 Å². The van der Waals surface area contributed by atoms with Crippen molar-refractivity contribution in [1.82, 2.24) is 20.8 Å². The van der Waals surface area contributed by atoms with Gasteiger partial charge in [0.1, 0.15) is 11.6 Å². The second-order valence-corrected chi connectivity index (χ2v) is 11.0. The molecular weight excluding hydrogens is 593 g/mol. The molecule has 2 amide bonds. The van der Waals surface area contributed by atoms with Crippen molar-refractivity contribution in [3.63, 3.8) is 0 Å². The van der Waals surface area contributed by atoms with Crippen LogP contribution in [-0.4, -0.2) is 41.6 Å². The number of hydrogen-bond donors (Lipinski definition) is 4. The summed E-state index contributed by atoms with van der Waals surface area (Å²) in [7, 11) is 1.98. The molecule has 4 N–H and O–H groups in total. The topological polar surface area (TPSA) is 121 Å². The summed E-state index contributed by atoms with van der Waals surface area (Å²) >= 11 is 1.59. The van der Waals surface area contributed by atoms with E-state index in [4.69, 9.17) is 4.84 Å². The van der Waals surface area contributed by atoms with Crippen LogP contribution in [0.25, 0.3) is 0 Å². The van der Waals surface area contributed by atoms with Crippen molar-refractivity contribution in [3.05, 3.63) is 102 Å². The Morgan fingerprint density at radius 1 is 0.933 bits per heavy atom. The van der Waals surface area contributed by atoms with E-state index < -0.39 is 11.7 Å². The van der Waals surface area contributed by atoms with Crippen LogP contribution in [0.15, 0.2) is 85.1 Å². The number of nitrogens with zero attached hydrogens (tertiary/aromatic N) is 3. The molecular formula is C33H38FN7O3S. The number of para-hydroxylation sites is 2. The van der Waals surface area contributed by atoms with Gasteiger partial charge in [-0.15, -0.1) is 0 Å². The average Bonchev–Trinajstić information content (AvgIpc) is 3.05. The molecule has 3 aromatic carbocycles. The van der Waals surface area contributed by atoms with E-state index in [9.17, 15) is 14.0 Å². The van der Waals surface area contributed by atoms with Crippen molar-refractivity contribution in [3.8, 4) is 0 Å². The van der Waals surface area contributed by atoms with E-state index in [1.54, 1.807) is 30.3 Å². The molecule has 0 saturated carbocycles.